The lowest BCUT2D eigenvalue weighted by Crippen LogP contribution is -2.44. The van der Waals surface area contributed by atoms with Gasteiger partial charge in [-0.3, -0.25) is 14.7 Å². The topological polar surface area (TPSA) is 100 Å². The summed E-state index contributed by atoms with van der Waals surface area (Å²) >= 11 is 0. The van der Waals surface area contributed by atoms with Gasteiger partial charge in [-0.25, -0.2) is 0 Å². The molecule has 0 aliphatic carbocycles. The predicted molar refractivity (Wildman–Crippen MR) is 91.5 cm³/mol. The Balaban J connectivity index is 1.50. The molecule has 7 nitrogen and oxygen atoms in total. The van der Waals surface area contributed by atoms with Crippen LogP contribution < -0.4 is 10.6 Å². The van der Waals surface area contributed by atoms with Crippen LogP contribution in [0, 0.1) is 0 Å². The van der Waals surface area contributed by atoms with Gasteiger partial charge in [-0.1, -0.05) is 24.3 Å². The maximum absolute atomic E-state index is 12.1. The first kappa shape index (κ1) is 16.5. The van der Waals surface area contributed by atoms with Crippen LogP contribution in [0.3, 0.4) is 0 Å². The van der Waals surface area contributed by atoms with E-state index < -0.39 is 6.04 Å². The number of hydrogen-bond acceptors (Lipinski definition) is 4. The highest BCUT2D eigenvalue weighted by Gasteiger charge is 2.16. The summed E-state index contributed by atoms with van der Waals surface area (Å²) < 4.78 is 4.85. The van der Waals surface area contributed by atoms with E-state index in [0.717, 1.165) is 16.8 Å². The summed E-state index contributed by atoms with van der Waals surface area (Å²) in [7, 11) is 0. The van der Waals surface area contributed by atoms with Crippen molar-refractivity contribution in [3.63, 3.8) is 0 Å². The zero-order chi connectivity index (χ0) is 17.6. The molecule has 3 rings (SSSR count). The molecular weight excluding hydrogens is 320 g/mol. The van der Waals surface area contributed by atoms with Crippen LogP contribution in [-0.2, 0) is 11.3 Å². The van der Waals surface area contributed by atoms with E-state index in [0.29, 0.717) is 12.1 Å². The fourth-order valence-corrected chi connectivity index (χ4v) is 2.30. The van der Waals surface area contributed by atoms with E-state index in [9.17, 15) is 9.59 Å². The van der Waals surface area contributed by atoms with Crippen LogP contribution in [0.5, 0.6) is 0 Å². The molecule has 0 fully saturated rings. The second-order valence-electron chi connectivity index (χ2n) is 5.59. The molecule has 7 heteroatoms. The maximum Gasteiger partial charge on any atom is 0.255 e. The lowest BCUT2D eigenvalue weighted by atomic mass is 10.1. The molecule has 2 heterocycles. The first-order valence-corrected chi connectivity index (χ1v) is 7.83. The minimum Gasteiger partial charge on any atom is -0.472 e. The molecule has 0 radical (unpaired) electrons. The Bertz CT molecular complexity index is 824. The number of aromatic nitrogens is 2. The minimum absolute atomic E-state index is 0.255. The number of benzene rings is 1. The number of furan rings is 1. The predicted octanol–water partition coefficient (Wildman–Crippen LogP) is 2.10. The summed E-state index contributed by atoms with van der Waals surface area (Å²) in [5, 5.41) is 12.3. The monoisotopic (exact) mass is 338 g/mol. The van der Waals surface area contributed by atoms with Gasteiger partial charge in [0.2, 0.25) is 5.91 Å². The molecule has 0 spiro atoms. The van der Waals surface area contributed by atoms with Crippen LogP contribution in [0.4, 0.5) is 0 Å². The molecule has 0 unspecified atom stereocenters. The normalized spacial score (nSPS) is 11.7. The lowest BCUT2D eigenvalue weighted by Gasteiger charge is -2.13. The standard InChI is InChI=1S/C18H18N4O3/c1-12(21-18(24)15-7-9-25-11-15)17(23)19-10-13-2-4-14(5-3-13)16-6-8-20-22-16/h2-9,11-12H,10H2,1H3,(H,19,23)(H,20,22)(H,21,24)/t12-/m0/s1. The third-order valence-electron chi connectivity index (χ3n) is 3.76. The van der Waals surface area contributed by atoms with Gasteiger partial charge in [0.05, 0.1) is 17.5 Å². The van der Waals surface area contributed by atoms with Gasteiger partial charge in [-0.05, 0) is 30.2 Å². The van der Waals surface area contributed by atoms with Gasteiger partial charge in [0.25, 0.3) is 5.91 Å². The number of amides is 2. The van der Waals surface area contributed by atoms with Gasteiger partial charge in [0.1, 0.15) is 12.3 Å². The smallest absolute Gasteiger partial charge is 0.255 e. The zero-order valence-electron chi connectivity index (χ0n) is 13.7. The molecule has 2 aromatic heterocycles. The number of rotatable bonds is 6. The summed E-state index contributed by atoms with van der Waals surface area (Å²) in [6.45, 7) is 2.02. The third-order valence-corrected chi connectivity index (χ3v) is 3.76. The zero-order valence-corrected chi connectivity index (χ0v) is 13.7. The van der Waals surface area contributed by atoms with Crippen LogP contribution >= 0.6 is 0 Å². The first-order chi connectivity index (χ1) is 12.1. The van der Waals surface area contributed by atoms with Crippen LogP contribution in [0.2, 0.25) is 0 Å². The Morgan fingerprint density at radius 3 is 2.64 bits per heavy atom. The second kappa shape index (κ2) is 7.48. The molecule has 0 saturated carbocycles. The number of carbonyl (C=O) groups is 2. The van der Waals surface area contributed by atoms with Crippen molar-refractivity contribution in [2.45, 2.75) is 19.5 Å². The highest BCUT2D eigenvalue weighted by atomic mass is 16.3. The van der Waals surface area contributed by atoms with E-state index in [1.54, 1.807) is 19.2 Å². The van der Waals surface area contributed by atoms with Crippen molar-refractivity contribution >= 4 is 11.8 Å². The minimum atomic E-state index is -0.647. The van der Waals surface area contributed by atoms with Crippen molar-refractivity contribution in [3.05, 3.63) is 66.2 Å². The number of H-pyrrole nitrogens is 1. The molecule has 3 aromatic rings. The molecule has 2 amide bonds. The number of aromatic amines is 1. The average Bonchev–Trinajstić information content (AvgIpc) is 3.33. The number of nitrogens with zero attached hydrogens (tertiary/aromatic N) is 1. The third kappa shape index (κ3) is 4.14. The van der Waals surface area contributed by atoms with Gasteiger partial charge >= 0.3 is 0 Å². The van der Waals surface area contributed by atoms with Gasteiger partial charge < -0.3 is 15.1 Å². The number of carbonyl (C=O) groups excluding carboxylic acids is 2. The summed E-state index contributed by atoms with van der Waals surface area (Å²) in [6, 6.07) is 10.6. The Morgan fingerprint density at radius 1 is 1.20 bits per heavy atom. The van der Waals surface area contributed by atoms with E-state index in [1.165, 1.54) is 12.5 Å². The Hall–Kier alpha value is -3.35. The van der Waals surface area contributed by atoms with Crippen LogP contribution in [0.1, 0.15) is 22.8 Å². The number of hydrogen-bond donors (Lipinski definition) is 3. The molecular formula is C18H18N4O3. The van der Waals surface area contributed by atoms with Gasteiger partial charge in [-0.15, -0.1) is 0 Å². The van der Waals surface area contributed by atoms with E-state index in [-0.39, 0.29) is 11.8 Å². The van der Waals surface area contributed by atoms with Crippen molar-refractivity contribution in [2.75, 3.05) is 0 Å². The molecule has 1 aromatic carbocycles. The average molecular weight is 338 g/mol. The van der Waals surface area contributed by atoms with Crippen molar-refractivity contribution in [3.8, 4) is 11.3 Å². The SMILES string of the molecule is C[C@H](NC(=O)c1ccoc1)C(=O)NCc1ccc(-c2ccn[nH]2)cc1. The Kier molecular flexibility index (Phi) is 4.94. The quantitative estimate of drug-likeness (QED) is 0.641. The fraction of sp³-hybridized carbons (Fsp3) is 0.167. The van der Waals surface area contributed by atoms with E-state index >= 15 is 0 Å². The molecule has 0 aliphatic heterocycles. The molecule has 0 saturated heterocycles. The van der Waals surface area contributed by atoms with Crippen molar-refractivity contribution in [2.24, 2.45) is 0 Å². The summed E-state index contributed by atoms with van der Waals surface area (Å²) in [6.07, 6.45) is 4.44. The van der Waals surface area contributed by atoms with Crippen LogP contribution in [0.25, 0.3) is 11.3 Å². The van der Waals surface area contributed by atoms with Gasteiger partial charge in [0, 0.05) is 12.7 Å². The molecule has 3 N–H and O–H groups in total. The Labute approximate surface area is 144 Å². The van der Waals surface area contributed by atoms with Crippen molar-refractivity contribution in [1.82, 2.24) is 20.8 Å². The van der Waals surface area contributed by atoms with Crippen molar-refractivity contribution in [1.29, 1.82) is 0 Å². The summed E-state index contributed by atoms with van der Waals surface area (Å²) in [4.78, 5) is 24.0. The van der Waals surface area contributed by atoms with E-state index in [4.69, 9.17) is 4.42 Å². The lowest BCUT2D eigenvalue weighted by molar-refractivity contribution is -0.122. The number of nitrogens with one attached hydrogen (secondary N) is 3. The largest absolute Gasteiger partial charge is 0.472 e. The summed E-state index contributed by atoms with van der Waals surface area (Å²) in [5.41, 5.74) is 3.30. The molecule has 1 atom stereocenters. The Morgan fingerprint density at radius 2 is 2.00 bits per heavy atom. The molecule has 0 bridgehead atoms. The van der Waals surface area contributed by atoms with E-state index in [1.807, 2.05) is 30.3 Å². The molecule has 0 aliphatic rings. The van der Waals surface area contributed by atoms with E-state index in [2.05, 4.69) is 20.8 Å². The molecule has 128 valence electrons. The van der Waals surface area contributed by atoms with Gasteiger partial charge in [0.15, 0.2) is 0 Å². The van der Waals surface area contributed by atoms with Crippen molar-refractivity contribution < 1.29 is 14.0 Å². The molecule has 25 heavy (non-hydrogen) atoms. The second-order valence-corrected chi connectivity index (χ2v) is 5.59. The fourth-order valence-electron chi connectivity index (χ4n) is 2.30. The van der Waals surface area contributed by atoms with Crippen LogP contribution in [-0.4, -0.2) is 28.1 Å². The van der Waals surface area contributed by atoms with Crippen LogP contribution in [0.15, 0.2) is 59.5 Å². The first-order valence-electron chi connectivity index (χ1n) is 7.83. The summed E-state index contributed by atoms with van der Waals surface area (Å²) in [5.74, 6) is -0.602. The van der Waals surface area contributed by atoms with Gasteiger partial charge in [-0.2, -0.15) is 5.10 Å². The maximum atomic E-state index is 12.1. The highest BCUT2D eigenvalue weighted by molar-refractivity contribution is 5.97. The highest BCUT2D eigenvalue weighted by Crippen LogP contribution is 2.16.